The van der Waals surface area contributed by atoms with Gasteiger partial charge in [0.05, 0.1) is 6.54 Å². The molecule has 1 aliphatic rings. The quantitative estimate of drug-likeness (QED) is 0.834. The number of fused-ring (bicyclic) bond motifs is 1. The molecule has 0 unspecified atom stereocenters. The average molecular weight is 322 g/mol. The Labute approximate surface area is 111 Å². The highest BCUT2D eigenvalue weighted by Crippen LogP contribution is 2.24. The molecule has 2 rings (SSSR count). The van der Waals surface area contributed by atoms with Crippen LogP contribution in [0.25, 0.3) is 0 Å². The molecule has 0 N–H and O–H groups in total. The number of ketones is 1. The van der Waals surface area contributed by atoms with Crippen LogP contribution in [0.1, 0.15) is 11.1 Å². The summed E-state index contributed by atoms with van der Waals surface area (Å²) in [5.41, 5.74) is 2.11. The van der Waals surface area contributed by atoms with Crippen molar-refractivity contribution in [2.45, 2.75) is 19.1 Å². The highest BCUT2D eigenvalue weighted by atomic mass is 79.9. The average Bonchev–Trinajstić information content (AvgIpc) is 2.27. The third-order valence-electron chi connectivity index (χ3n) is 2.94. The molecule has 1 aromatic carbocycles. The van der Waals surface area contributed by atoms with Gasteiger partial charge in [0.25, 0.3) is 0 Å². The first-order valence-electron chi connectivity index (χ1n) is 5.46. The van der Waals surface area contributed by atoms with E-state index in [2.05, 4.69) is 15.9 Å². The number of hydrogen-bond acceptors (Lipinski definition) is 2. The highest BCUT2D eigenvalue weighted by molar-refractivity contribution is 9.10. The van der Waals surface area contributed by atoms with E-state index in [-0.39, 0.29) is 0 Å². The molecule has 0 saturated heterocycles. The second-order valence-corrected chi connectivity index (χ2v) is 5.21. The van der Waals surface area contributed by atoms with Gasteiger partial charge in [0.2, 0.25) is 5.78 Å². The summed E-state index contributed by atoms with van der Waals surface area (Å²) in [6.45, 7) is 0.308. The van der Waals surface area contributed by atoms with E-state index < -0.39 is 18.5 Å². The zero-order valence-electron chi connectivity index (χ0n) is 9.43. The highest BCUT2D eigenvalue weighted by Gasteiger charge is 2.39. The molecule has 0 bridgehead atoms. The summed E-state index contributed by atoms with van der Waals surface area (Å²) in [7, 11) is 0. The van der Waals surface area contributed by atoms with E-state index in [4.69, 9.17) is 0 Å². The van der Waals surface area contributed by atoms with Gasteiger partial charge in [-0.05, 0) is 29.7 Å². The monoisotopic (exact) mass is 321 g/mol. The minimum Gasteiger partial charge on any atom is -0.291 e. The van der Waals surface area contributed by atoms with Crippen LogP contribution in [0.5, 0.6) is 0 Å². The molecule has 0 saturated carbocycles. The Hall–Kier alpha value is -0.880. The second kappa shape index (κ2) is 5.01. The number of nitrogens with zero attached hydrogens (tertiary/aromatic N) is 1. The second-order valence-electron chi connectivity index (χ2n) is 4.29. The molecule has 1 heterocycles. The lowest BCUT2D eigenvalue weighted by Crippen LogP contribution is -2.39. The molecule has 1 aromatic rings. The summed E-state index contributed by atoms with van der Waals surface area (Å²) >= 11 is 3.33. The number of carbonyl (C=O) groups excluding carboxylic acids is 1. The molecule has 18 heavy (non-hydrogen) atoms. The van der Waals surface area contributed by atoms with Crippen LogP contribution in [0.2, 0.25) is 0 Å². The largest absolute Gasteiger partial charge is 0.451 e. The summed E-state index contributed by atoms with van der Waals surface area (Å²) in [6.07, 6.45) is -4.06. The lowest BCUT2D eigenvalue weighted by molar-refractivity contribution is -0.172. The smallest absolute Gasteiger partial charge is 0.291 e. The fourth-order valence-electron chi connectivity index (χ4n) is 2.01. The first kappa shape index (κ1) is 13.5. The molecule has 0 aliphatic carbocycles. The number of halogens is 4. The fourth-order valence-corrected chi connectivity index (χ4v) is 2.42. The van der Waals surface area contributed by atoms with E-state index in [1.807, 2.05) is 18.2 Å². The molecule has 0 atom stereocenters. The first-order chi connectivity index (χ1) is 8.36. The van der Waals surface area contributed by atoms with E-state index in [0.717, 1.165) is 15.6 Å². The van der Waals surface area contributed by atoms with Crippen LogP contribution in [0.15, 0.2) is 22.7 Å². The lowest BCUT2D eigenvalue weighted by Gasteiger charge is -2.28. The molecule has 0 spiro atoms. The summed E-state index contributed by atoms with van der Waals surface area (Å²) in [4.78, 5) is 12.5. The fraction of sp³-hybridized carbons (Fsp3) is 0.417. The van der Waals surface area contributed by atoms with Crippen molar-refractivity contribution in [3.05, 3.63) is 33.8 Å². The summed E-state index contributed by atoms with van der Waals surface area (Å²) in [5, 5.41) is 0. The van der Waals surface area contributed by atoms with Crippen LogP contribution in [0, 0.1) is 0 Å². The topological polar surface area (TPSA) is 20.3 Å². The predicted octanol–water partition coefficient (Wildman–Crippen LogP) is 2.94. The molecule has 1 aliphatic heterocycles. The van der Waals surface area contributed by atoms with Crippen molar-refractivity contribution in [2.75, 3.05) is 13.1 Å². The Balaban J connectivity index is 2.06. The molecular formula is C12H11BrF3NO. The zero-order chi connectivity index (χ0) is 13.3. The van der Waals surface area contributed by atoms with Crippen LogP contribution in [-0.4, -0.2) is 29.9 Å². The molecule has 0 amide bonds. The van der Waals surface area contributed by atoms with Crippen LogP contribution in [-0.2, 0) is 17.8 Å². The Morgan fingerprint density at radius 3 is 2.72 bits per heavy atom. The van der Waals surface area contributed by atoms with Gasteiger partial charge in [0.15, 0.2) is 0 Å². The van der Waals surface area contributed by atoms with Crippen molar-refractivity contribution in [1.82, 2.24) is 4.90 Å². The third kappa shape index (κ3) is 3.11. The summed E-state index contributed by atoms with van der Waals surface area (Å²) in [6, 6.07) is 5.76. The number of rotatable bonds is 2. The van der Waals surface area contributed by atoms with Crippen molar-refractivity contribution in [1.29, 1.82) is 0 Å². The van der Waals surface area contributed by atoms with Crippen molar-refractivity contribution < 1.29 is 18.0 Å². The number of hydrogen-bond donors (Lipinski definition) is 0. The summed E-state index contributed by atoms with van der Waals surface area (Å²) < 4.78 is 37.4. The van der Waals surface area contributed by atoms with E-state index in [9.17, 15) is 18.0 Å². The van der Waals surface area contributed by atoms with Crippen LogP contribution in [0.4, 0.5) is 13.2 Å². The molecule has 6 heteroatoms. The SMILES string of the molecule is O=C(CN1CCc2ccc(Br)cc2C1)C(F)(F)F. The van der Waals surface area contributed by atoms with Gasteiger partial charge >= 0.3 is 6.18 Å². The molecular weight excluding hydrogens is 311 g/mol. The third-order valence-corrected chi connectivity index (χ3v) is 3.44. The molecule has 0 aromatic heterocycles. The van der Waals surface area contributed by atoms with Crippen molar-refractivity contribution in [2.24, 2.45) is 0 Å². The van der Waals surface area contributed by atoms with E-state index in [0.29, 0.717) is 19.5 Å². The van der Waals surface area contributed by atoms with Crippen LogP contribution in [0.3, 0.4) is 0 Å². The zero-order valence-corrected chi connectivity index (χ0v) is 11.0. The van der Waals surface area contributed by atoms with Crippen molar-refractivity contribution >= 4 is 21.7 Å². The Morgan fingerprint density at radius 2 is 2.06 bits per heavy atom. The van der Waals surface area contributed by atoms with Crippen molar-refractivity contribution in [3.63, 3.8) is 0 Å². The molecule has 0 fully saturated rings. The van der Waals surface area contributed by atoms with Gasteiger partial charge in [0, 0.05) is 17.6 Å². The first-order valence-corrected chi connectivity index (χ1v) is 6.25. The minimum atomic E-state index is -4.74. The minimum absolute atomic E-state index is 0.386. The van der Waals surface area contributed by atoms with Crippen LogP contribution < -0.4 is 0 Å². The summed E-state index contributed by atoms with van der Waals surface area (Å²) in [5.74, 6) is -1.68. The number of carbonyl (C=O) groups is 1. The van der Waals surface area contributed by atoms with Gasteiger partial charge in [-0.15, -0.1) is 0 Å². The van der Waals surface area contributed by atoms with E-state index in [1.54, 1.807) is 0 Å². The van der Waals surface area contributed by atoms with Gasteiger partial charge in [0.1, 0.15) is 0 Å². The Kier molecular flexibility index (Phi) is 3.77. The number of alkyl halides is 3. The standard InChI is InChI=1S/C12H11BrF3NO/c13-10-2-1-8-3-4-17(6-9(8)5-10)7-11(18)12(14,15)16/h1-2,5H,3-4,6-7H2. The van der Waals surface area contributed by atoms with E-state index in [1.165, 1.54) is 4.90 Å². The van der Waals surface area contributed by atoms with Crippen LogP contribution >= 0.6 is 15.9 Å². The number of benzene rings is 1. The maximum atomic E-state index is 12.2. The predicted molar refractivity (Wildman–Crippen MR) is 64.2 cm³/mol. The normalized spacial score (nSPS) is 16.4. The Morgan fingerprint density at radius 1 is 1.33 bits per heavy atom. The van der Waals surface area contributed by atoms with E-state index >= 15 is 0 Å². The molecule has 0 radical (unpaired) electrons. The Bertz CT molecular complexity index is 473. The molecule has 98 valence electrons. The van der Waals surface area contributed by atoms with Gasteiger partial charge in [-0.1, -0.05) is 22.0 Å². The van der Waals surface area contributed by atoms with Gasteiger partial charge in [-0.3, -0.25) is 9.69 Å². The van der Waals surface area contributed by atoms with Gasteiger partial charge in [-0.25, -0.2) is 0 Å². The lowest BCUT2D eigenvalue weighted by atomic mass is 10.00. The van der Waals surface area contributed by atoms with Crippen molar-refractivity contribution in [3.8, 4) is 0 Å². The van der Waals surface area contributed by atoms with Gasteiger partial charge < -0.3 is 0 Å². The maximum Gasteiger partial charge on any atom is 0.451 e. The number of Topliss-reactive ketones (excluding diaryl/α,β-unsaturated/α-hetero) is 1. The maximum absolute atomic E-state index is 12.2. The van der Waals surface area contributed by atoms with Gasteiger partial charge in [-0.2, -0.15) is 13.2 Å². The molecule has 2 nitrogen and oxygen atoms in total.